The van der Waals surface area contributed by atoms with Gasteiger partial charge in [-0.1, -0.05) is 212 Å². The van der Waals surface area contributed by atoms with Crippen LogP contribution in [0.25, 0.3) is 93.6 Å². The molecule has 0 fully saturated rings. The lowest BCUT2D eigenvalue weighted by molar-refractivity contribution is 1.17. The van der Waals surface area contributed by atoms with Crippen molar-refractivity contribution in [3.05, 3.63) is 273 Å². The van der Waals surface area contributed by atoms with E-state index in [0.717, 1.165) is 17.1 Å². The molecule has 0 aliphatic carbocycles. The van der Waals surface area contributed by atoms with Crippen molar-refractivity contribution in [3.8, 4) is 28.2 Å². The van der Waals surface area contributed by atoms with Crippen LogP contribution in [0.4, 0.5) is 0 Å². The Morgan fingerprint density at radius 3 is 1.27 bits per heavy atom. The summed E-state index contributed by atoms with van der Waals surface area (Å²) in [6.07, 6.45) is 0. The molecule has 0 aliphatic heterocycles. The molecule has 3 aromatic heterocycles. The fraction of sp³-hybridized carbons (Fsp3) is 0. The number of aromatic nitrogens is 3. The van der Waals surface area contributed by atoms with E-state index >= 15 is 0 Å². The molecule has 0 amide bonds. The van der Waals surface area contributed by atoms with E-state index < -0.39 is 8.07 Å². The van der Waals surface area contributed by atoms with Crippen molar-refractivity contribution >= 4 is 94.2 Å². The van der Waals surface area contributed by atoms with Crippen LogP contribution in [0, 0.1) is 0 Å². The van der Waals surface area contributed by atoms with E-state index in [1.807, 2.05) is 0 Å². The first-order valence-electron chi connectivity index (χ1n) is 24.2. The predicted octanol–water partition coefficient (Wildman–Crippen LogP) is 14.0. The van der Waals surface area contributed by atoms with E-state index in [1.54, 1.807) is 0 Å². The smallest absolute Gasteiger partial charge is 0.179 e. The largest absolute Gasteiger partial charge is 0.309 e. The van der Waals surface area contributed by atoms with E-state index in [9.17, 15) is 0 Å². The van der Waals surface area contributed by atoms with Crippen LogP contribution in [-0.4, -0.2) is 21.8 Å². The van der Waals surface area contributed by atoms with E-state index in [2.05, 4.69) is 287 Å². The van der Waals surface area contributed by atoms with Gasteiger partial charge in [0.2, 0.25) is 0 Å². The third-order valence-electron chi connectivity index (χ3n) is 14.8. The van der Waals surface area contributed by atoms with E-state index in [1.165, 1.54) is 97.3 Å². The van der Waals surface area contributed by atoms with Gasteiger partial charge >= 0.3 is 0 Å². The molecule has 0 spiro atoms. The molecular weight excluding hydrogens is 863 g/mol. The van der Waals surface area contributed by atoms with Gasteiger partial charge in [0, 0.05) is 49.3 Å². The topological polar surface area (TPSA) is 14.8 Å². The molecule has 14 aromatic rings. The van der Waals surface area contributed by atoms with Crippen LogP contribution in [0.15, 0.2) is 273 Å². The van der Waals surface area contributed by atoms with Gasteiger partial charge in [-0.2, -0.15) is 0 Å². The lowest BCUT2D eigenvalue weighted by atomic mass is 9.97. The molecule has 3 nitrogen and oxygen atoms in total. The first-order chi connectivity index (χ1) is 34.8. The van der Waals surface area contributed by atoms with Crippen molar-refractivity contribution in [3.63, 3.8) is 0 Å². The van der Waals surface area contributed by atoms with E-state index in [-0.39, 0.29) is 0 Å². The molecule has 0 saturated heterocycles. The fourth-order valence-electron chi connectivity index (χ4n) is 12.0. The zero-order valence-electron chi connectivity index (χ0n) is 38.3. The highest BCUT2D eigenvalue weighted by Crippen LogP contribution is 2.45. The number of nitrogens with zero attached hydrogens (tertiary/aromatic N) is 3. The molecule has 70 heavy (non-hydrogen) atoms. The van der Waals surface area contributed by atoms with Gasteiger partial charge in [0.15, 0.2) is 8.07 Å². The second kappa shape index (κ2) is 16.1. The average molecular weight is 908 g/mol. The van der Waals surface area contributed by atoms with Gasteiger partial charge in [-0.05, 0) is 87.0 Å². The van der Waals surface area contributed by atoms with Crippen molar-refractivity contribution < 1.29 is 0 Å². The van der Waals surface area contributed by atoms with Gasteiger partial charge < -0.3 is 13.7 Å². The number of benzene rings is 11. The quantitative estimate of drug-likeness (QED) is 0.107. The predicted molar refractivity (Wildman–Crippen MR) is 299 cm³/mol. The number of hydrogen-bond donors (Lipinski definition) is 0. The molecule has 0 bridgehead atoms. The fourth-order valence-corrected chi connectivity index (χ4v) is 16.8. The Bertz CT molecular complexity index is 4180. The van der Waals surface area contributed by atoms with Crippen molar-refractivity contribution in [2.24, 2.45) is 0 Å². The third kappa shape index (κ3) is 5.87. The Kier molecular flexibility index (Phi) is 9.23. The molecule has 0 N–H and O–H groups in total. The zero-order chi connectivity index (χ0) is 46.2. The van der Waals surface area contributed by atoms with Crippen LogP contribution in [0.3, 0.4) is 0 Å². The minimum absolute atomic E-state index is 1.14. The SMILES string of the molecule is c1ccc(-n2c3ccccc3c3c(-c4cccc5c6ccccc6n(-c6cccc7c6c6ccccc6n7-c6cccc([Si](c7ccccc7)(c7ccccc7)c7ccccc7)c6)c45)cccc32)cc1. The second-order valence-corrected chi connectivity index (χ2v) is 22.2. The molecule has 4 heteroatoms. The maximum Gasteiger partial charge on any atom is 0.179 e. The summed E-state index contributed by atoms with van der Waals surface area (Å²) in [6.45, 7) is 0. The Morgan fingerprint density at radius 2 is 0.643 bits per heavy atom. The lowest BCUT2D eigenvalue weighted by Crippen LogP contribution is -2.74. The summed E-state index contributed by atoms with van der Waals surface area (Å²) in [5, 5.41) is 12.8. The zero-order valence-corrected chi connectivity index (χ0v) is 39.3. The molecule has 0 radical (unpaired) electrons. The molecule has 3 heterocycles. The van der Waals surface area contributed by atoms with Crippen LogP contribution >= 0.6 is 0 Å². The standard InChI is InChI=1S/C66H45N3Si/c1-5-23-46(24-6-1)67-59-40-17-14-34-56(59)64-53(36-21-42-61(64)67)55-38-20-37-54-52-33-13-16-39-58(52)69(66(54)55)63-44-22-43-62-65(63)57-35-15-18-41-60(57)68(62)47-25-19-32-51(45-47)70(48-26-7-2-8-27-48,49-28-9-3-10-29-49)50-30-11-4-12-31-50/h1-45H. The first-order valence-corrected chi connectivity index (χ1v) is 26.2. The molecule has 0 saturated carbocycles. The molecule has 328 valence electrons. The second-order valence-electron chi connectivity index (χ2n) is 18.4. The Balaban J connectivity index is 1.05. The van der Waals surface area contributed by atoms with Gasteiger partial charge in [0.1, 0.15) is 0 Å². The van der Waals surface area contributed by atoms with Crippen LogP contribution in [0.2, 0.25) is 0 Å². The molecule has 14 rings (SSSR count). The van der Waals surface area contributed by atoms with Crippen molar-refractivity contribution in [1.29, 1.82) is 0 Å². The Hall–Kier alpha value is -8.96. The summed E-state index contributed by atoms with van der Waals surface area (Å²) in [6, 6.07) is 101. The van der Waals surface area contributed by atoms with Gasteiger partial charge in [0.05, 0.1) is 38.8 Å². The number of hydrogen-bond acceptors (Lipinski definition) is 0. The van der Waals surface area contributed by atoms with Crippen molar-refractivity contribution in [1.82, 2.24) is 13.7 Å². The van der Waals surface area contributed by atoms with E-state index in [0.29, 0.717) is 0 Å². The van der Waals surface area contributed by atoms with Gasteiger partial charge in [-0.25, -0.2) is 0 Å². The van der Waals surface area contributed by atoms with Crippen LogP contribution in [0.1, 0.15) is 0 Å². The molecule has 0 atom stereocenters. The summed E-state index contributed by atoms with van der Waals surface area (Å²) in [4.78, 5) is 0. The molecule has 0 unspecified atom stereocenters. The number of fused-ring (bicyclic) bond motifs is 9. The lowest BCUT2D eigenvalue weighted by Gasteiger charge is -2.34. The summed E-state index contributed by atoms with van der Waals surface area (Å²) in [7, 11) is -2.81. The minimum Gasteiger partial charge on any atom is -0.309 e. The summed E-state index contributed by atoms with van der Waals surface area (Å²) in [5.41, 5.74) is 13.0. The summed E-state index contributed by atoms with van der Waals surface area (Å²) < 4.78 is 7.48. The van der Waals surface area contributed by atoms with Gasteiger partial charge in [-0.15, -0.1) is 0 Å². The third-order valence-corrected chi connectivity index (χ3v) is 19.5. The van der Waals surface area contributed by atoms with Crippen LogP contribution in [-0.2, 0) is 0 Å². The molecule has 11 aromatic carbocycles. The van der Waals surface area contributed by atoms with Gasteiger partial charge in [-0.3, -0.25) is 0 Å². The highest BCUT2D eigenvalue weighted by atomic mass is 28.3. The first kappa shape index (κ1) is 40.1. The van der Waals surface area contributed by atoms with Crippen molar-refractivity contribution in [2.75, 3.05) is 0 Å². The summed E-state index contributed by atoms with van der Waals surface area (Å²) >= 11 is 0. The van der Waals surface area contributed by atoms with Crippen molar-refractivity contribution in [2.45, 2.75) is 0 Å². The van der Waals surface area contributed by atoms with Crippen LogP contribution < -0.4 is 20.7 Å². The maximum atomic E-state index is 2.56. The number of rotatable bonds is 8. The van der Waals surface area contributed by atoms with Crippen LogP contribution in [0.5, 0.6) is 0 Å². The average Bonchev–Trinajstić information content (AvgIpc) is 4.09. The Labute approximate surface area is 407 Å². The Morgan fingerprint density at radius 1 is 0.243 bits per heavy atom. The van der Waals surface area contributed by atoms with Gasteiger partial charge in [0.25, 0.3) is 0 Å². The monoisotopic (exact) mass is 907 g/mol. The number of para-hydroxylation sites is 5. The highest BCUT2D eigenvalue weighted by Gasteiger charge is 2.41. The maximum absolute atomic E-state index is 2.81. The highest BCUT2D eigenvalue weighted by molar-refractivity contribution is 7.19. The van der Waals surface area contributed by atoms with E-state index in [4.69, 9.17) is 0 Å². The summed E-state index contributed by atoms with van der Waals surface area (Å²) in [5.74, 6) is 0. The normalized spacial score (nSPS) is 12.0. The molecular formula is C66H45N3Si. The molecule has 0 aliphatic rings. The minimum atomic E-state index is -2.81.